The summed E-state index contributed by atoms with van der Waals surface area (Å²) in [7, 11) is 0. The van der Waals surface area contributed by atoms with Gasteiger partial charge in [0.15, 0.2) is 0 Å². The van der Waals surface area contributed by atoms with Crippen LogP contribution in [-0.4, -0.2) is 46.2 Å². The van der Waals surface area contributed by atoms with Crippen molar-refractivity contribution in [1.29, 1.82) is 5.26 Å². The number of hydrogen-bond donors (Lipinski definition) is 2. The highest BCUT2D eigenvalue weighted by Crippen LogP contribution is 2.47. The Balaban J connectivity index is 1.28. The molecular formula is C25H23FN6O2. The molecule has 0 spiro atoms. The van der Waals surface area contributed by atoms with Crippen molar-refractivity contribution in [2.24, 2.45) is 5.92 Å². The van der Waals surface area contributed by atoms with Crippen LogP contribution in [0.3, 0.4) is 0 Å². The first-order valence-electron chi connectivity index (χ1n) is 11.2. The van der Waals surface area contributed by atoms with E-state index in [2.05, 4.69) is 31.7 Å². The molecular weight excluding hydrogens is 435 g/mol. The van der Waals surface area contributed by atoms with Gasteiger partial charge in [-0.1, -0.05) is 6.07 Å². The van der Waals surface area contributed by atoms with Crippen molar-refractivity contribution >= 4 is 11.7 Å². The summed E-state index contributed by atoms with van der Waals surface area (Å²) in [4.78, 5) is 25.0. The molecule has 8 nitrogen and oxygen atoms in total. The zero-order valence-corrected chi connectivity index (χ0v) is 18.3. The van der Waals surface area contributed by atoms with Crippen molar-refractivity contribution in [3.63, 3.8) is 0 Å². The second kappa shape index (κ2) is 9.53. The molecule has 1 aliphatic heterocycles. The number of amides is 1. The Kier molecular flexibility index (Phi) is 6.14. The van der Waals surface area contributed by atoms with Gasteiger partial charge < -0.3 is 15.4 Å². The van der Waals surface area contributed by atoms with Crippen LogP contribution >= 0.6 is 0 Å². The van der Waals surface area contributed by atoms with Crippen molar-refractivity contribution in [1.82, 2.24) is 20.3 Å². The first-order chi connectivity index (χ1) is 16.6. The lowest BCUT2D eigenvalue weighted by molar-refractivity contribution is -0.117. The summed E-state index contributed by atoms with van der Waals surface area (Å²) < 4.78 is 19.9. The SMILES string of the molecule is N#Cc1cc(-c2ccnc(NC(=O)[C@@H]3C[C@H]3c3cncnc3)c2)ccc1O[C@H]1CCNC[C@H]1F. The van der Waals surface area contributed by atoms with E-state index in [1.54, 1.807) is 42.9 Å². The molecule has 2 N–H and O–H groups in total. The normalized spacial score (nSPS) is 23.5. The fraction of sp³-hybridized carbons (Fsp3) is 0.320. The molecule has 3 heterocycles. The minimum absolute atomic E-state index is 0.0947. The number of hydrogen-bond acceptors (Lipinski definition) is 7. The van der Waals surface area contributed by atoms with E-state index in [1.165, 1.54) is 6.33 Å². The molecule has 3 aromatic rings. The highest BCUT2D eigenvalue weighted by Gasteiger charge is 2.44. The monoisotopic (exact) mass is 458 g/mol. The summed E-state index contributed by atoms with van der Waals surface area (Å²) in [6.45, 7) is 0.925. The number of nitriles is 1. The predicted octanol–water partition coefficient (Wildman–Crippen LogP) is 3.23. The van der Waals surface area contributed by atoms with Crippen molar-refractivity contribution in [3.05, 3.63) is 66.4 Å². The Labute approximate surface area is 196 Å². The van der Waals surface area contributed by atoms with Crippen LogP contribution in [0, 0.1) is 17.2 Å². The Morgan fingerprint density at radius 1 is 1.21 bits per heavy atom. The summed E-state index contributed by atoms with van der Waals surface area (Å²) in [6.07, 6.45) is 6.16. The number of carbonyl (C=O) groups excluding carboxylic acids is 1. The van der Waals surface area contributed by atoms with Crippen LogP contribution in [0.15, 0.2) is 55.2 Å². The number of anilines is 1. The third kappa shape index (κ3) is 4.72. The molecule has 1 saturated carbocycles. The van der Waals surface area contributed by atoms with E-state index >= 15 is 0 Å². The van der Waals surface area contributed by atoms with Crippen LogP contribution < -0.4 is 15.4 Å². The second-order valence-corrected chi connectivity index (χ2v) is 8.53. The number of carbonyl (C=O) groups is 1. The Hall–Kier alpha value is -3.90. The number of nitrogens with one attached hydrogen (secondary N) is 2. The fourth-order valence-electron chi connectivity index (χ4n) is 4.24. The highest BCUT2D eigenvalue weighted by atomic mass is 19.1. The number of aromatic nitrogens is 3. The van der Waals surface area contributed by atoms with Crippen LogP contribution in [0.1, 0.15) is 29.9 Å². The van der Waals surface area contributed by atoms with Crippen molar-refractivity contribution in [2.45, 2.75) is 31.0 Å². The van der Waals surface area contributed by atoms with E-state index in [0.717, 1.165) is 23.1 Å². The molecule has 0 unspecified atom stereocenters. The molecule has 1 aliphatic carbocycles. The second-order valence-electron chi connectivity index (χ2n) is 8.53. The molecule has 4 atom stereocenters. The molecule has 2 aliphatic rings. The summed E-state index contributed by atoms with van der Waals surface area (Å²) in [5.74, 6) is 0.702. The van der Waals surface area contributed by atoms with Gasteiger partial charge in [0.1, 0.15) is 36.2 Å². The van der Waals surface area contributed by atoms with E-state index in [4.69, 9.17) is 4.74 Å². The van der Waals surface area contributed by atoms with Gasteiger partial charge in [0.05, 0.1) is 5.56 Å². The Morgan fingerprint density at radius 2 is 2.03 bits per heavy atom. The number of alkyl halides is 1. The van der Waals surface area contributed by atoms with Crippen LogP contribution in [0.4, 0.5) is 10.2 Å². The van der Waals surface area contributed by atoms with E-state index < -0.39 is 12.3 Å². The Morgan fingerprint density at radius 3 is 2.82 bits per heavy atom. The van der Waals surface area contributed by atoms with Gasteiger partial charge in [-0.25, -0.2) is 19.3 Å². The molecule has 0 radical (unpaired) electrons. The predicted molar refractivity (Wildman–Crippen MR) is 123 cm³/mol. The molecule has 1 saturated heterocycles. The maximum Gasteiger partial charge on any atom is 0.229 e. The topological polar surface area (TPSA) is 113 Å². The van der Waals surface area contributed by atoms with Gasteiger partial charge in [0, 0.05) is 31.1 Å². The van der Waals surface area contributed by atoms with Gasteiger partial charge in [0.25, 0.3) is 0 Å². The van der Waals surface area contributed by atoms with Gasteiger partial charge in [-0.15, -0.1) is 0 Å². The molecule has 0 bridgehead atoms. The van der Waals surface area contributed by atoms with E-state index in [-0.39, 0.29) is 24.3 Å². The number of benzene rings is 1. The molecule has 34 heavy (non-hydrogen) atoms. The summed E-state index contributed by atoms with van der Waals surface area (Å²) >= 11 is 0. The van der Waals surface area contributed by atoms with Gasteiger partial charge in [0.2, 0.25) is 5.91 Å². The molecule has 9 heteroatoms. The largest absolute Gasteiger partial charge is 0.486 e. The zero-order valence-electron chi connectivity index (χ0n) is 18.3. The van der Waals surface area contributed by atoms with E-state index in [1.807, 2.05) is 6.07 Å². The average molecular weight is 458 g/mol. The quantitative estimate of drug-likeness (QED) is 0.583. The van der Waals surface area contributed by atoms with Crippen molar-refractivity contribution in [2.75, 3.05) is 18.4 Å². The minimum Gasteiger partial charge on any atom is -0.486 e. The summed E-state index contributed by atoms with van der Waals surface area (Å²) in [6, 6.07) is 10.9. The third-order valence-electron chi connectivity index (χ3n) is 6.21. The van der Waals surface area contributed by atoms with E-state index in [0.29, 0.717) is 30.1 Å². The van der Waals surface area contributed by atoms with E-state index in [9.17, 15) is 14.4 Å². The highest BCUT2D eigenvalue weighted by molar-refractivity contribution is 5.95. The lowest BCUT2D eigenvalue weighted by Gasteiger charge is -2.27. The molecule has 2 fully saturated rings. The molecule has 1 aromatic carbocycles. The van der Waals surface area contributed by atoms with Gasteiger partial charge >= 0.3 is 0 Å². The molecule has 1 amide bonds. The van der Waals surface area contributed by atoms with Gasteiger partial charge in [-0.3, -0.25) is 4.79 Å². The standard InChI is InChI=1S/C25H23FN6O2/c26-21-13-28-5-4-23(21)34-22-2-1-15(7-17(22)10-27)16-3-6-31-24(8-16)32-25(33)20-9-19(20)18-11-29-14-30-12-18/h1-3,6-8,11-12,14,19-21,23,28H,4-5,9,13H2,(H,31,32,33)/t19-,20+,21+,23-/m0/s1. The van der Waals surface area contributed by atoms with Gasteiger partial charge in [-0.2, -0.15) is 5.26 Å². The first-order valence-corrected chi connectivity index (χ1v) is 11.2. The molecule has 5 rings (SSSR count). The zero-order chi connectivity index (χ0) is 23.5. The Bertz CT molecular complexity index is 1230. The molecule has 2 aromatic heterocycles. The number of nitrogens with zero attached hydrogens (tertiary/aromatic N) is 4. The minimum atomic E-state index is -1.12. The van der Waals surface area contributed by atoms with Crippen LogP contribution in [0.25, 0.3) is 11.1 Å². The van der Waals surface area contributed by atoms with Crippen molar-refractivity contribution in [3.8, 4) is 22.9 Å². The number of piperidine rings is 1. The fourth-order valence-corrected chi connectivity index (χ4v) is 4.24. The number of pyridine rings is 1. The first kappa shape index (κ1) is 21.9. The summed E-state index contributed by atoms with van der Waals surface area (Å²) in [5, 5.41) is 15.5. The maximum absolute atomic E-state index is 14.1. The maximum atomic E-state index is 14.1. The van der Waals surface area contributed by atoms with Crippen LogP contribution in [0.2, 0.25) is 0 Å². The third-order valence-corrected chi connectivity index (χ3v) is 6.21. The average Bonchev–Trinajstić information content (AvgIpc) is 3.68. The lowest BCUT2D eigenvalue weighted by Crippen LogP contribution is -2.44. The smallest absolute Gasteiger partial charge is 0.229 e. The van der Waals surface area contributed by atoms with Crippen molar-refractivity contribution < 1.29 is 13.9 Å². The lowest BCUT2D eigenvalue weighted by atomic mass is 10.0. The van der Waals surface area contributed by atoms with Crippen LogP contribution in [-0.2, 0) is 4.79 Å². The van der Waals surface area contributed by atoms with Gasteiger partial charge in [-0.05, 0) is 66.3 Å². The number of ether oxygens (including phenoxy) is 1. The number of halogens is 1. The van der Waals surface area contributed by atoms with Crippen LogP contribution in [0.5, 0.6) is 5.75 Å². The molecule has 172 valence electrons. The number of rotatable bonds is 6. The summed E-state index contributed by atoms with van der Waals surface area (Å²) in [5.41, 5.74) is 2.85.